The Bertz CT molecular complexity index is 471. The van der Waals surface area contributed by atoms with Gasteiger partial charge in [0.2, 0.25) is 5.91 Å². The van der Waals surface area contributed by atoms with E-state index in [1.165, 1.54) is 0 Å². The minimum atomic E-state index is -0.315. The van der Waals surface area contributed by atoms with E-state index in [1.54, 1.807) is 12.1 Å². The van der Waals surface area contributed by atoms with Gasteiger partial charge in [-0.25, -0.2) is 5.84 Å². The lowest BCUT2D eigenvalue weighted by atomic mass is 10.1. The molecule has 0 atom stereocenters. The van der Waals surface area contributed by atoms with Gasteiger partial charge in [0, 0.05) is 18.2 Å². The highest BCUT2D eigenvalue weighted by Gasteiger charge is 2.11. The van der Waals surface area contributed by atoms with Crippen molar-refractivity contribution >= 4 is 11.8 Å². The highest BCUT2D eigenvalue weighted by molar-refractivity contribution is 5.93. The molecular formula is C15H24N4O2. The van der Waals surface area contributed by atoms with Crippen molar-refractivity contribution in [1.29, 1.82) is 0 Å². The molecule has 0 heterocycles. The summed E-state index contributed by atoms with van der Waals surface area (Å²) in [5.74, 6) is 4.79. The van der Waals surface area contributed by atoms with Crippen LogP contribution in [-0.4, -0.2) is 35.8 Å². The predicted molar refractivity (Wildman–Crippen MR) is 82.3 cm³/mol. The molecule has 0 aliphatic rings. The first-order chi connectivity index (χ1) is 9.96. The molecule has 6 nitrogen and oxygen atoms in total. The zero-order valence-electron chi connectivity index (χ0n) is 12.8. The number of benzene rings is 1. The van der Waals surface area contributed by atoms with Crippen molar-refractivity contribution in [1.82, 2.24) is 15.6 Å². The standard InChI is InChI=1S/C15H24N4O2/c1-4-19(10-14(20)17-11(2)3)9-12-5-7-13(8-6-12)15(21)18-16/h5-8,11H,4,9-10,16H2,1-3H3,(H,17,20)(H,18,21). The molecule has 0 saturated heterocycles. The molecule has 0 radical (unpaired) electrons. The van der Waals surface area contributed by atoms with E-state index in [-0.39, 0.29) is 17.9 Å². The predicted octanol–water partition coefficient (Wildman–Crippen LogP) is 0.637. The van der Waals surface area contributed by atoms with Crippen molar-refractivity contribution in [2.75, 3.05) is 13.1 Å². The third-order valence-corrected chi connectivity index (χ3v) is 3.02. The third kappa shape index (κ3) is 5.93. The Morgan fingerprint density at radius 2 is 1.86 bits per heavy atom. The lowest BCUT2D eigenvalue weighted by Gasteiger charge is -2.20. The number of hydrogen-bond donors (Lipinski definition) is 3. The number of nitrogens with one attached hydrogen (secondary N) is 2. The maximum Gasteiger partial charge on any atom is 0.265 e. The second-order valence-corrected chi connectivity index (χ2v) is 5.20. The largest absolute Gasteiger partial charge is 0.353 e. The van der Waals surface area contributed by atoms with Crippen LogP contribution < -0.4 is 16.6 Å². The van der Waals surface area contributed by atoms with E-state index in [0.29, 0.717) is 18.7 Å². The fourth-order valence-corrected chi connectivity index (χ4v) is 1.95. The quantitative estimate of drug-likeness (QED) is 0.391. The van der Waals surface area contributed by atoms with E-state index in [9.17, 15) is 9.59 Å². The summed E-state index contributed by atoms with van der Waals surface area (Å²) in [6, 6.07) is 7.32. The molecule has 1 aromatic carbocycles. The Kier molecular flexibility index (Phi) is 6.84. The van der Waals surface area contributed by atoms with Crippen LogP contribution in [0.5, 0.6) is 0 Å². The van der Waals surface area contributed by atoms with Crippen molar-refractivity contribution < 1.29 is 9.59 Å². The maximum atomic E-state index is 11.8. The minimum absolute atomic E-state index is 0.0194. The molecule has 0 bridgehead atoms. The van der Waals surface area contributed by atoms with Gasteiger partial charge >= 0.3 is 0 Å². The topological polar surface area (TPSA) is 87.5 Å². The number of rotatable bonds is 7. The molecule has 21 heavy (non-hydrogen) atoms. The lowest BCUT2D eigenvalue weighted by Crippen LogP contribution is -2.39. The molecule has 1 aromatic rings. The van der Waals surface area contributed by atoms with Crippen LogP contribution in [0.15, 0.2) is 24.3 Å². The van der Waals surface area contributed by atoms with Crippen molar-refractivity contribution in [2.45, 2.75) is 33.4 Å². The van der Waals surface area contributed by atoms with E-state index in [1.807, 2.05) is 37.8 Å². The summed E-state index contributed by atoms with van der Waals surface area (Å²) in [7, 11) is 0. The summed E-state index contributed by atoms with van der Waals surface area (Å²) < 4.78 is 0. The highest BCUT2D eigenvalue weighted by atomic mass is 16.2. The van der Waals surface area contributed by atoms with Crippen LogP contribution in [0.25, 0.3) is 0 Å². The van der Waals surface area contributed by atoms with E-state index < -0.39 is 0 Å². The molecule has 0 saturated carbocycles. The lowest BCUT2D eigenvalue weighted by molar-refractivity contribution is -0.122. The number of carbonyl (C=O) groups is 2. The second-order valence-electron chi connectivity index (χ2n) is 5.20. The summed E-state index contributed by atoms with van der Waals surface area (Å²) in [6.07, 6.45) is 0. The molecule has 6 heteroatoms. The first-order valence-corrected chi connectivity index (χ1v) is 7.07. The van der Waals surface area contributed by atoms with Gasteiger partial charge in [-0.15, -0.1) is 0 Å². The Morgan fingerprint density at radius 1 is 1.24 bits per heavy atom. The van der Waals surface area contributed by atoms with Gasteiger partial charge in [0.05, 0.1) is 6.54 Å². The smallest absolute Gasteiger partial charge is 0.265 e. The molecule has 0 aliphatic heterocycles. The maximum absolute atomic E-state index is 11.8. The van der Waals surface area contributed by atoms with Gasteiger partial charge in [-0.1, -0.05) is 19.1 Å². The Labute approximate surface area is 125 Å². The first-order valence-electron chi connectivity index (χ1n) is 7.07. The number of likely N-dealkylation sites (N-methyl/N-ethyl adjacent to an activating group) is 1. The number of hydrogen-bond acceptors (Lipinski definition) is 4. The molecule has 0 aliphatic carbocycles. The molecule has 1 rings (SSSR count). The second kappa shape index (κ2) is 8.39. The number of hydrazine groups is 1. The normalized spacial score (nSPS) is 10.8. The average Bonchev–Trinajstić information content (AvgIpc) is 2.45. The molecular weight excluding hydrogens is 268 g/mol. The number of nitrogens with two attached hydrogens (primary N) is 1. The highest BCUT2D eigenvalue weighted by Crippen LogP contribution is 2.07. The molecule has 0 fully saturated rings. The Balaban J connectivity index is 2.60. The minimum Gasteiger partial charge on any atom is -0.353 e. The van der Waals surface area contributed by atoms with Gasteiger partial charge < -0.3 is 5.32 Å². The van der Waals surface area contributed by atoms with E-state index in [4.69, 9.17) is 5.84 Å². The van der Waals surface area contributed by atoms with Gasteiger partial charge in [0.15, 0.2) is 0 Å². The van der Waals surface area contributed by atoms with Crippen molar-refractivity contribution in [3.05, 3.63) is 35.4 Å². The molecule has 0 spiro atoms. The summed E-state index contributed by atoms with van der Waals surface area (Å²) in [6.45, 7) is 7.69. The zero-order chi connectivity index (χ0) is 15.8. The van der Waals surface area contributed by atoms with Gasteiger partial charge in [-0.3, -0.25) is 19.9 Å². The van der Waals surface area contributed by atoms with E-state index in [0.717, 1.165) is 12.1 Å². The van der Waals surface area contributed by atoms with Crippen LogP contribution in [0.1, 0.15) is 36.7 Å². The number of nitrogens with zero attached hydrogens (tertiary/aromatic N) is 1. The fourth-order valence-electron chi connectivity index (χ4n) is 1.95. The van der Waals surface area contributed by atoms with Gasteiger partial charge in [-0.05, 0) is 38.1 Å². The van der Waals surface area contributed by atoms with Gasteiger partial charge in [-0.2, -0.15) is 0 Å². The van der Waals surface area contributed by atoms with Gasteiger partial charge in [0.1, 0.15) is 0 Å². The average molecular weight is 292 g/mol. The third-order valence-electron chi connectivity index (χ3n) is 3.02. The molecule has 4 N–H and O–H groups in total. The summed E-state index contributed by atoms with van der Waals surface area (Å²) in [5.41, 5.74) is 3.65. The summed E-state index contributed by atoms with van der Waals surface area (Å²) in [5, 5.41) is 2.88. The molecule has 2 amide bonds. The van der Waals surface area contributed by atoms with Crippen LogP contribution in [0.2, 0.25) is 0 Å². The van der Waals surface area contributed by atoms with Crippen LogP contribution >= 0.6 is 0 Å². The fraction of sp³-hybridized carbons (Fsp3) is 0.467. The van der Waals surface area contributed by atoms with Crippen LogP contribution in [0.3, 0.4) is 0 Å². The van der Waals surface area contributed by atoms with E-state index in [2.05, 4.69) is 10.7 Å². The number of nitrogen functional groups attached to an aromatic ring is 1. The van der Waals surface area contributed by atoms with Crippen LogP contribution in [-0.2, 0) is 11.3 Å². The Morgan fingerprint density at radius 3 is 2.33 bits per heavy atom. The van der Waals surface area contributed by atoms with E-state index >= 15 is 0 Å². The van der Waals surface area contributed by atoms with Gasteiger partial charge in [0.25, 0.3) is 5.91 Å². The molecule has 0 aromatic heterocycles. The number of carbonyl (C=O) groups excluding carboxylic acids is 2. The SMILES string of the molecule is CCN(CC(=O)NC(C)C)Cc1ccc(C(=O)NN)cc1. The number of amides is 2. The van der Waals surface area contributed by atoms with Crippen LogP contribution in [0.4, 0.5) is 0 Å². The summed E-state index contributed by atoms with van der Waals surface area (Å²) >= 11 is 0. The Hall–Kier alpha value is -1.92. The molecule has 116 valence electrons. The first kappa shape index (κ1) is 17.1. The summed E-state index contributed by atoms with van der Waals surface area (Å²) in [4.78, 5) is 25.2. The monoisotopic (exact) mass is 292 g/mol. The zero-order valence-corrected chi connectivity index (χ0v) is 12.8. The van der Waals surface area contributed by atoms with Crippen molar-refractivity contribution in [3.63, 3.8) is 0 Å². The van der Waals surface area contributed by atoms with Crippen LogP contribution in [0, 0.1) is 0 Å². The molecule has 0 unspecified atom stereocenters. The van der Waals surface area contributed by atoms with Crippen molar-refractivity contribution in [3.8, 4) is 0 Å². The van der Waals surface area contributed by atoms with Crippen molar-refractivity contribution in [2.24, 2.45) is 5.84 Å².